The van der Waals surface area contributed by atoms with E-state index in [2.05, 4.69) is 5.32 Å². The van der Waals surface area contributed by atoms with E-state index in [-0.39, 0.29) is 51.5 Å². The Balaban J connectivity index is 1.46. The number of aromatic carboxylic acids is 1. The molecule has 3 aromatic rings. The number of amides is 2. The van der Waals surface area contributed by atoms with Gasteiger partial charge in [0.1, 0.15) is 4.32 Å². The van der Waals surface area contributed by atoms with Crippen LogP contribution in [-0.4, -0.2) is 38.7 Å². The summed E-state index contributed by atoms with van der Waals surface area (Å²) >= 11 is 7.21. The van der Waals surface area contributed by atoms with Crippen LogP contribution in [0.15, 0.2) is 52.7 Å². The maximum atomic E-state index is 13.3. The van der Waals surface area contributed by atoms with Crippen LogP contribution in [-0.2, 0) is 28.5 Å². The maximum Gasteiger partial charge on any atom is 0.416 e. The molecule has 7 nitrogen and oxygen atoms in total. The van der Waals surface area contributed by atoms with E-state index in [1.165, 1.54) is 40.6 Å². The van der Waals surface area contributed by atoms with Gasteiger partial charge in [0, 0.05) is 30.1 Å². The molecule has 0 spiro atoms. The van der Waals surface area contributed by atoms with Gasteiger partial charge >= 0.3 is 18.3 Å². The normalized spacial score (nSPS) is 15.0. The summed E-state index contributed by atoms with van der Waals surface area (Å²) in [5, 5.41) is 13.1. The molecule has 1 aliphatic rings. The second kappa shape index (κ2) is 12.5. The standard InChI is InChI=1S/C27H19F6N3O4S3/c28-26(29,30)17-6-14(7-18(9-17)27(31,32)33)16-8-19(42-12-16)10-21-23(38)36(25(41)43-21)4-3-22(37)35-20-2-1-13(24(39)40)5-15(20)11-34/h1-2,5-10,12H,3-4,11,34H2,(H,35,37)(H,39,40)/b21-10-. The summed E-state index contributed by atoms with van der Waals surface area (Å²) in [6.07, 6.45) is -8.72. The highest BCUT2D eigenvalue weighted by Gasteiger charge is 2.37. The molecule has 1 aromatic heterocycles. The van der Waals surface area contributed by atoms with E-state index in [0.717, 1.165) is 23.1 Å². The van der Waals surface area contributed by atoms with Gasteiger partial charge in [-0.15, -0.1) is 11.3 Å². The highest BCUT2D eigenvalue weighted by molar-refractivity contribution is 8.26. The number of carbonyl (C=O) groups is 3. The second-order valence-electron chi connectivity index (χ2n) is 9.05. The highest BCUT2D eigenvalue weighted by atomic mass is 32.2. The number of nitrogens with two attached hydrogens (primary N) is 1. The quantitative estimate of drug-likeness (QED) is 0.138. The Morgan fingerprint density at radius 1 is 1.00 bits per heavy atom. The smallest absolute Gasteiger partial charge is 0.416 e. The SMILES string of the molecule is NCc1cc(C(=O)O)ccc1NC(=O)CCN1C(=O)/C(=C/c2cc(-c3cc(C(F)(F)F)cc(C(F)(F)F)c3)cs2)SC1=S. The van der Waals surface area contributed by atoms with Crippen molar-refractivity contribution in [2.24, 2.45) is 5.73 Å². The lowest BCUT2D eigenvalue weighted by atomic mass is 10.0. The number of carbonyl (C=O) groups excluding carboxylic acids is 2. The molecule has 16 heteroatoms. The predicted octanol–water partition coefficient (Wildman–Crippen LogP) is 6.84. The number of hydrogen-bond donors (Lipinski definition) is 3. The van der Waals surface area contributed by atoms with E-state index in [1.54, 1.807) is 0 Å². The van der Waals surface area contributed by atoms with E-state index < -0.39 is 41.3 Å². The van der Waals surface area contributed by atoms with Crippen molar-refractivity contribution in [1.82, 2.24) is 4.90 Å². The fourth-order valence-electron chi connectivity index (χ4n) is 3.97. The molecule has 4 rings (SSSR count). The van der Waals surface area contributed by atoms with E-state index in [9.17, 15) is 40.7 Å². The van der Waals surface area contributed by atoms with Crippen LogP contribution in [0.5, 0.6) is 0 Å². The number of thiocarbonyl (C=S) groups is 1. The monoisotopic (exact) mass is 659 g/mol. The largest absolute Gasteiger partial charge is 0.478 e. The number of nitrogens with zero attached hydrogens (tertiary/aromatic N) is 1. The van der Waals surface area contributed by atoms with Gasteiger partial charge in [-0.1, -0.05) is 24.0 Å². The first-order valence-electron chi connectivity index (χ1n) is 12.1. The Morgan fingerprint density at radius 2 is 1.65 bits per heavy atom. The van der Waals surface area contributed by atoms with Crippen LogP contribution < -0.4 is 11.1 Å². The molecule has 2 amide bonds. The molecule has 2 aromatic carbocycles. The molecule has 2 heterocycles. The highest BCUT2D eigenvalue weighted by Crippen LogP contribution is 2.40. The fourth-order valence-corrected chi connectivity index (χ4v) is 6.19. The van der Waals surface area contributed by atoms with Crippen LogP contribution in [0.2, 0.25) is 0 Å². The van der Waals surface area contributed by atoms with Crippen molar-refractivity contribution < 1.29 is 45.8 Å². The number of alkyl halides is 6. The Labute approximate surface area is 253 Å². The third kappa shape index (κ3) is 7.62. The maximum absolute atomic E-state index is 13.3. The van der Waals surface area contributed by atoms with Gasteiger partial charge in [0.25, 0.3) is 5.91 Å². The minimum absolute atomic E-state index is 0.00143. The first kappa shape index (κ1) is 32.2. The average Bonchev–Trinajstić information content (AvgIpc) is 3.50. The van der Waals surface area contributed by atoms with Crippen molar-refractivity contribution >= 4 is 69.2 Å². The molecule has 1 fully saturated rings. The number of anilines is 1. The molecule has 4 N–H and O–H groups in total. The Hall–Kier alpha value is -3.73. The molecule has 0 saturated carbocycles. The summed E-state index contributed by atoms with van der Waals surface area (Å²) in [7, 11) is 0. The topological polar surface area (TPSA) is 113 Å². The minimum Gasteiger partial charge on any atom is -0.478 e. The molecule has 226 valence electrons. The van der Waals surface area contributed by atoms with Gasteiger partial charge in [-0.25, -0.2) is 4.79 Å². The van der Waals surface area contributed by atoms with Gasteiger partial charge < -0.3 is 16.2 Å². The third-order valence-corrected chi connectivity index (χ3v) is 8.35. The van der Waals surface area contributed by atoms with Crippen molar-refractivity contribution in [3.8, 4) is 11.1 Å². The number of carboxylic acids is 1. The summed E-state index contributed by atoms with van der Waals surface area (Å²) < 4.78 is 79.7. The summed E-state index contributed by atoms with van der Waals surface area (Å²) in [6, 6.07) is 6.72. The van der Waals surface area contributed by atoms with Crippen molar-refractivity contribution in [2.75, 3.05) is 11.9 Å². The van der Waals surface area contributed by atoms with E-state index in [1.807, 2.05) is 0 Å². The zero-order valence-corrected chi connectivity index (χ0v) is 24.0. The van der Waals surface area contributed by atoms with Gasteiger partial charge in [0.2, 0.25) is 5.91 Å². The lowest BCUT2D eigenvalue weighted by molar-refractivity contribution is -0.143. The van der Waals surface area contributed by atoms with Gasteiger partial charge in [-0.05, 0) is 70.6 Å². The van der Waals surface area contributed by atoms with Crippen LogP contribution in [0.4, 0.5) is 32.0 Å². The second-order valence-corrected chi connectivity index (χ2v) is 11.7. The van der Waals surface area contributed by atoms with Crippen molar-refractivity contribution in [3.63, 3.8) is 0 Å². The van der Waals surface area contributed by atoms with Crippen molar-refractivity contribution in [3.05, 3.63) is 79.9 Å². The molecule has 43 heavy (non-hydrogen) atoms. The van der Waals surface area contributed by atoms with Gasteiger partial charge in [-0.2, -0.15) is 26.3 Å². The molecular weight excluding hydrogens is 641 g/mol. The third-order valence-electron chi connectivity index (χ3n) is 6.10. The molecule has 1 saturated heterocycles. The first-order chi connectivity index (χ1) is 20.1. The average molecular weight is 660 g/mol. The number of carboxylic acid groups (broad SMARTS) is 1. The number of thioether (sulfide) groups is 1. The van der Waals surface area contributed by atoms with Crippen LogP contribution in [0.25, 0.3) is 17.2 Å². The lowest BCUT2D eigenvalue weighted by Crippen LogP contribution is -2.31. The molecule has 0 aliphatic carbocycles. The molecule has 0 atom stereocenters. The molecule has 1 aliphatic heterocycles. The number of hydrogen-bond acceptors (Lipinski definition) is 7. The van der Waals surface area contributed by atoms with E-state index in [4.69, 9.17) is 23.1 Å². The van der Waals surface area contributed by atoms with Gasteiger partial charge in [0.05, 0.1) is 21.6 Å². The number of halogens is 6. The van der Waals surface area contributed by atoms with Crippen molar-refractivity contribution in [1.29, 1.82) is 0 Å². The summed E-state index contributed by atoms with van der Waals surface area (Å²) in [6.45, 7) is -0.114. The summed E-state index contributed by atoms with van der Waals surface area (Å²) in [5.41, 5.74) is 3.32. The minimum atomic E-state index is -4.99. The number of nitrogens with one attached hydrogen (secondary N) is 1. The van der Waals surface area contributed by atoms with Crippen LogP contribution >= 0.6 is 35.3 Å². The van der Waals surface area contributed by atoms with Crippen molar-refractivity contribution in [2.45, 2.75) is 25.3 Å². The number of rotatable bonds is 8. The van der Waals surface area contributed by atoms with Gasteiger partial charge in [-0.3, -0.25) is 14.5 Å². The Bertz CT molecular complexity index is 1620. The first-order valence-corrected chi connectivity index (χ1v) is 14.2. The molecule has 0 bridgehead atoms. The molecular formula is C27H19F6N3O4S3. The van der Waals surface area contributed by atoms with Gasteiger partial charge in [0.15, 0.2) is 0 Å². The number of thiophene rings is 1. The van der Waals surface area contributed by atoms with E-state index in [0.29, 0.717) is 28.3 Å². The predicted molar refractivity (Wildman–Crippen MR) is 154 cm³/mol. The van der Waals surface area contributed by atoms with Crippen LogP contribution in [0, 0.1) is 0 Å². The fraction of sp³-hybridized carbons (Fsp3) is 0.185. The van der Waals surface area contributed by atoms with E-state index >= 15 is 0 Å². The zero-order chi connectivity index (χ0) is 31.7. The molecule has 0 radical (unpaired) electrons. The van der Waals surface area contributed by atoms with Crippen LogP contribution in [0.1, 0.15) is 38.3 Å². The Kier molecular flexibility index (Phi) is 9.34. The number of benzene rings is 2. The van der Waals surface area contributed by atoms with Crippen LogP contribution in [0.3, 0.4) is 0 Å². The Morgan fingerprint density at radius 3 is 2.23 bits per heavy atom. The lowest BCUT2D eigenvalue weighted by Gasteiger charge is -2.15. The summed E-state index contributed by atoms with van der Waals surface area (Å²) in [4.78, 5) is 38.4. The molecule has 0 unspecified atom stereocenters. The summed E-state index contributed by atoms with van der Waals surface area (Å²) in [5.74, 6) is -2.16. The zero-order valence-electron chi connectivity index (χ0n) is 21.5.